The zero-order valence-corrected chi connectivity index (χ0v) is 18.6. The van der Waals surface area contributed by atoms with Crippen LogP contribution in [0.3, 0.4) is 0 Å². The summed E-state index contributed by atoms with van der Waals surface area (Å²) >= 11 is 6.47. The highest BCUT2D eigenvalue weighted by Crippen LogP contribution is 2.42. The molecule has 8 nitrogen and oxygen atoms in total. The Balaban J connectivity index is 2.44. The lowest BCUT2D eigenvalue weighted by Crippen LogP contribution is -2.23. The summed E-state index contributed by atoms with van der Waals surface area (Å²) in [6.07, 6.45) is 5.12. The summed E-state index contributed by atoms with van der Waals surface area (Å²) < 4.78 is 30.1. The summed E-state index contributed by atoms with van der Waals surface area (Å²) in [6.45, 7) is -0.284. The molecule has 0 atom stereocenters. The zero-order chi connectivity index (χ0) is 24.3. The number of nitrogen functional groups attached to an aromatic ring is 1. The third kappa shape index (κ3) is 4.68. The summed E-state index contributed by atoms with van der Waals surface area (Å²) in [7, 11) is -4.52. The average molecular weight is 484 g/mol. The van der Waals surface area contributed by atoms with Crippen LogP contribution in [0.2, 0.25) is 5.02 Å². The topological polar surface area (TPSA) is 156 Å². The number of amides is 1. The Hall–Kier alpha value is -3.84. The van der Waals surface area contributed by atoms with Crippen molar-refractivity contribution in [3.05, 3.63) is 70.7 Å². The van der Waals surface area contributed by atoms with Crippen molar-refractivity contribution < 1.29 is 22.7 Å². The highest BCUT2D eigenvalue weighted by atomic mass is 35.5. The molecule has 3 aromatic carbocycles. The SMILES string of the molecule is C#CCOC(=O)c1cccc(-c2cc(-c3ccccc3)c(N)c(C(N)=O)c2S(N)(=O)=O)c1Cl. The second-order valence-corrected chi connectivity index (χ2v) is 8.69. The maximum absolute atomic E-state index is 12.6. The monoisotopic (exact) mass is 483 g/mol. The first-order chi connectivity index (χ1) is 15.6. The number of nitrogens with two attached hydrogens (primary N) is 3. The number of carbonyl (C=O) groups excluding carboxylic acids is 2. The van der Waals surface area contributed by atoms with Gasteiger partial charge in [-0.1, -0.05) is 60.0 Å². The van der Waals surface area contributed by atoms with Crippen LogP contribution in [0.4, 0.5) is 5.69 Å². The van der Waals surface area contributed by atoms with Gasteiger partial charge in [-0.25, -0.2) is 18.4 Å². The van der Waals surface area contributed by atoms with Crippen molar-refractivity contribution >= 4 is 39.2 Å². The minimum absolute atomic E-state index is 0.0593. The van der Waals surface area contributed by atoms with Gasteiger partial charge in [0.25, 0.3) is 5.91 Å². The zero-order valence-electron chi connectivity index (χ0n) is 17.0. The van der Waals surface area contributed by atoms with Gasteiger partial charge in [-0.2, -0.15) is 0 Å². The molecular weight excluding hydrogens is 466 g/mol. The van der Waals surface area contributed by atoms with Gasteiger partial charge in [0.05, 0.1) is 21.8 Å². The van der Waals surface area contributed by atoms with E-state index in [2.05, 4.69) is 5.92 Å². The maximum atomic E-state index is 12.6. The van der Waals surface area contributed by atoms with Gasteiger partial charge >= 0.3 is 5.97 Å². The number of benzene rings is 3. The summed E-state index contributed by atoms with van der Waals surface area (Å²) in [5.74, 6) is 0.253. The first-order valence-corrected chi connectivity index (χ1v) is 11.2. The van der Waals surface area contributed by atoms with E-state index in [4.69, 9.17) is 39.4 Å². The lowest BCUT2D eigenvalue weighted by molar-refractivity contribution is 0.0557. The molecule has 0 saturated carbocycles. The Morgan fingerprint density at radius 2 is 1.70 bits per heavy atom. The fourth-order valence-corrected chi connectivity index (χ4v) is 4.63. The average Bonchev–Trinajstić information content (AvgIpc) is 2.77. The van der Waals surface area contributed by atoms with Crippen LogP contribution in [0, 0.1) is 12.3 Å². The van der Waals surface area contributed by atoms with Gasteiger partial charge in [0.1, 0.15) is 4.90 Å². The molecule has 1 amide bonds. The number of carbonyl (C=O) groups is 2. The molecule has 0 unspecified atom stereocenters. The lowest BCUT2D eigenvalue weighted by atomic mass is 9.93. The van der Waals surface area contributed by atoms with Crippen molar-refractivity contribution in [2.45, 2.75) is 4.90 Å². The molecule has 0 saturated heterocycles. The van der Waals surface area contributed by atoms with Gasteiger partial charge < -0.3 is 16.2 Å². The molecule has 0 radical (unpaired) electrons. The molecule has 0 spiro atoms. The van der Waals surface area contributed by atoms with Gasteiger partial charge in [-0.3, -0.25) is 4.79 Å². The predicted molar refractivity (Wildman–Crippen MR) is 126 cm³/mol. The van der Waals surface area contributed by atoms with E-state index in [-0.39, 0.29) is 34.0 Å². The maximum Gasteiger partial charge on any atom is 0.340 e. The molecule has 0 aliphatic heterocycles. The van der Waals surface area contributed by atoms with E-state index in [1.807, 2.05) is 0 Å². The van der Waals surface area contributed by atoms with E-state index in [9.17, 15) is 18.0 Å². The molecule has 168 valence electrons. The van der Waals surface area contributed by atoms with Crippen LogP contribution in [-0.2, 0) is 14.8 Å². The number of sulfonamides is 1. The molecular formula is C23H18ClN3O5S. The number of ether oxygens (including phenoxy) is 1. The van der Waals surface area contributed by atoms with Gasteiger partial charge in [0.2, 0.25) is 10.0 Å². The highest BCUT2D eigenvalue weighted by molar-refractivity contribution is 7.89. The Morgan fingerprint density at radius 1 is 1.03 bits per heavy atom. The molecule has 3 aromatic rings. The lowest BCUT2D eigenvalue weighted by Gasteiger charge is -2.19. The van der Waals surface area contributed by atoms with Gasteiger partial charge in [0, 0.05) is 16.7 Å². The van der Waals surface area contributed by atoms with E-state index in [1.165, 1.54) is 24.3 Å². The number of anilines is 1. The molecule has 0 fully saturated rings. The molecule has 0 aromatic heterocycles. The van der Waals surface area contributed by atoms with Gasteiger partial charge in [-0.05, 0) is 17.7 Å². The molecule has 33 heavy (non-hydrogen) atoms. The molecule has 6 N–H and O–H groups in total. The van der Waals surface area contributed by atoms with Crippen LogP contribution in [0.25, 0.3) is 22.3 Å². The summed E-state index contributed by atoms with van der Waals surface area (Å²) in [4.78, 5) is 24.1. The predicted octanol–water partition coefficient (Wildman–Crippen LogP) is 2.79. The largest absolute Gasteiger partial charge is 0.449 e. The molecule has 0 bridgehead atoms. The Kier molecular flexibility index (Phi) is 6.74. The van der Waals surface area contributed by atoms with E-state index in [0.717, 1.165) is 0 Å². The second-order valence-electron chi connectivity index (χ2n) is 6.81. The van der Waals surface area contributed by atoms with Crippen LogP contribution >= 0.6 is 11.6 Å². The summed E-state index contributed by atoms with van der Waals surface area (Å²) in [5, 5.41) is 5.32. The minimum Gasteiger partial charge on any atom is -0.449 e. The van der Waals surface area contributed by atoms with Crippen molar-refractivity contribution in [3.63, 3.8) is 0 Å². The van der Waals surface area contributed by atoms with Crippen molar-refractivity contribution in [3.8, 4) is 34.6 Å². The second kappa shape index (κ2) is 9.34. The smallest absolute Gasteiger partial charge is 0.340 e. The third-order valence-corrected chi connectivity index (χ3v) is 6.13. The van der Waals surface area contributed by atoms with Crippen molar-refractivity contribution in [1.29, 1.82) is 0 Å². The Labute approximate surface area is 195 Å². The van der Waals surface area contributed by atoms with E-state index >= 15 is 0 Å². The fraction of sp³-hybridized carbons (Fsp3) is 0.0435. The number of primary amides is 1. The highest BCUT2D eigenvalue weighted by Gasteiger charge is 2.30. The number of rotatable bonds is 6. The van der Waals surface area contributed by atoms with Crippen LogP contribution in [0.15, 0.2) is 59.5 Å². The Bertz CT molecular complexity index is 1410. The molecule has 0 aliphatic carbocycles. The van der Waals surface area contributed by atoms with Crippen molar-refractivity contribution in [2.75, 3.05) is 12.3 Å². The molecule has 0 aliphatic rings. The van der Waals surface area contributed by atoms with Crippen LogP contribution < -0.4 is 16.6 Å². The quantitative estimate of drug-likeness (QED) is 0.278. The molecule has 3 rings (SSSR count). The summed E-state index contributed by atoms with van der Waals surface area (Å²) in [5.41, 5.74) is 11.9. The Morgan fingerprint density at radius 3 is 2.27 bits per heavy atom. The fourth-order valence-electron chi connectivity index (χ4n) is 3.36. The number of primary sulfonamides is 1. The number of halogens is 1. The number of esters is 1. The van der Waals surface area contributed by atoms with Gasteiger partial charge in [-0.15, -0.1) is 6.42 Å². The molecule has 10 heteroatoms. The summed E-state index contributed by atoms with van der Waals surface area (Å²) in [6, 6.07) is 14.4. The van der Waals surface area contributed by atoms with E-state index < -0.39 is 32.4 Å². The third-order valence-electron chi connectivity index (χ3n) is 4.73. The van der Waals surface area contributed by atoms with Crippen LogP contribution in [0.1, 0.15) is 20.7 Å². The van der Waals surface area contributed by atoms with E-state index in [1.54, 1.807) is 30.3 Å². The number of hydrogen-bond acceptors (Lipinski definition) is 6. The van der Waals surface area contributed by atoms with E-state index in [0.29, 0.717) is 11.1 Å². The van der Waals surface area contributed by atoms with Crippen LogP contribution in [-0.4, -0.2) is 26.9 Å². The molecule has 0 heterocycles. The van der Waals surface area contributed by atoms with Gasteiger partial charge in [0.15, 0.2) is 6.61 Å². The first kappa shape index (κ1) is 23.8. The standard InChI is InChI=1S/C23H18ClN3O5S/c1-2-11-32-23(29)15-10-6-9-14(19(15)24)17-12-16(13-7-4-3-5-8-13)20(25)18(22(26)28)21(17)33(27,30)31/h1,3-10,12H,11,25H2,(H2,26,28)(H2,27,30,31). The minimum atomic E-state index is -4.52. The van der Waals surface area contributed by atoms with Crippen LogP contribution in [0.5, 0.6) is 0 Å². The number of terminal acetylenes is 1. The number of hydrogen-bond donors (Lipinski definition) is 3. The van der Waals surface area contributed by atoms with Crippen molar-refractivity contribution in [1.82, 2.24) is 0 Å². The normalized spacial score (nSPS) is 10.9. The van der Waals surface area contributed by atoms with Crippen molar-refractivity contribution in [2.24, 2.45) is 10.9 Å². The first-order valence-electron chi connectivity index (χ1n) is 9.31.